The molecule has 0 saturated carbocycles. The summed E-state index contributed by atoms with van der Waals surface area (Å²) in [5.41, 5.74) is -0.449. The Bertz CT molecular complexity index is 357. The normalized spacial score (nSPS) is 15.2. The smallest absolute Gasteiger partial charge is 0.165 e. The Labute approximate surface area is 103 Å². The molecule has 0 fully saturated rings. The highest BCUT2D eigenvalue weighted by molar-refractivity contribution is 5.05. The third-order valence-electron chi connectivity index (χ3n) is 3.11. The highest BCUT2D eigenvalue weighted by atomic mass is 16.5. The first kappa shape index (κ1) is 14.1. The molecule has 0 radical (unpaired) electrons. The van der Waals surface area contributed by atoms with Gasteiger partial charge in [-0.25, -0.2) is 0 Å². The number of hydrogen-bond donors (Lipinski definition) is 1. The van der Waals surface area contributed by atoms with Crippen LogP contribution >= 0.6 is 0 Å². The van der Waals surface area contributed by atoms with Crippen molar-refractivity contribution in [1.29, 1.82) is 0 Å². The van der Waals surface area contributed by atoms with Crippen LogP contribution in [0.5, 0.6) is 0 Å². The fraction of sp³-hybridized carbons (Fsp3) is 0.833. The second kappa shape index (κ2) is 5.60. The van der Waals surface area contributed by atoms with Crippen molar-refractivity contribution in [3.8, 4) is 0 Å². The van der Waals surface area contributed by atoms with Crippen molar-refractivity contribution in [2.75, 3.05) is 7.11 Å². The number of ether oxygens (including phenoxy) is 1. The molecule has 0 spiro atoms. The van der Waals surface area contributed by atoms with E-state index in [-0.39, 0.29) is 6.61 Å². The second-order valence-electron chi connectivity index (χ2n) is 4.89. The molecule has 0 aliphatic carbocycles. The highest BCUT2D eigenvalue weighted by Crippen LogP contribution is 2.27. The lowest BCUT2D eigenvalue weighted by Crippen LogP contribution is -2.29. The summed E-state index contributed by atoms with van der Waals surface area (Å²) in [6, 6.07) is 0. The Morgan fingerprint density at radius 3 is 2.47 bits per heavy atom. The molecule has 1 atom stereocenters. The van der Waals surface area contributed by atoms with E-state index in [0.29, 0.717) is 11.7 Å². The van der Waals surface area contributed by atoms with Gasteiger partial charge in [0, 0.05) is 13.7 Å². The maximum atomic E-state index is 9.29. The van der Waals surface area contributed by atoms with Gasteiger partial charge in [0.2, 0.25) is 0 Å². The van der Waals surface area contributed by atoms with Crippen molar-refractivity contribution in [3.63, 3.8) is 0 Å². The van der Waals surface area contributed by atoms with Gasteiger partial charge in [0.1, 0.15) is 12.2 Å². The Hall–Kier alpha value is -0.940. The lowest BCUT2D eigenvalue weighted by molar-refractivity contribution is -0.0127. The van der Waals surface area contributed by atoms with E-state index in [9.17, 15) is 5.11 Å². The quantitative estimate of drug-likeness (QED) is 0.823. The molecule has 17 heavy (non-hydrogen) atoms. The van der Waals surface area contributed by atoms with Crippen LogP contribution in [0.3, 0.4) is 0 Å². The van der Waals surface area contributed by atoms with E-state index in [0.717, 1.165) is 18.8 Å². The molecule has 1 aromatic heterocycles. The summed E-state index contributed by atoms with van der Waals surface area (Å²) < 4.78 is 7.52. The number of hydrogen-bond acceptors (Lipinski definition) is 4. The minimum atomic E-state index is -0.449. The van der Waals surface area contributed by atoms with E-state index in [4.69, 9.17) is 4.74 Å². The Morgan fingerprint density at radius 1 is 1.41 bits per heavy atom. The zero-order chi connectivity index (χ0) is 13.1. The fourth-order valence-electron chi connectivity index (χ4n) is 1.79. The molecular formula is C12H23N3O2. The van der Waals surface area contributed by atoms with E-state index in [1.165, 1.54) is 0 Å². The minimum Gasteiger partial charge on any atom is -0.388 e. The number of aliphatic hydroxyl groups excluding tert-OH is 1. The number of nitrogens with zero attached hydrogens (tertiary/aromatic N) is 3. The molecule has 1 aromatic rings. The van der Waals surface area contributed by atoms with Crippen molar-refractivity contribution in [2.45, 2.75) is 52.9 Å². The van der Waals surface area contributed by atoms with Crippen LogP contribution < -0.4 is 0 Å². The third kappa shape index (κ3) is 2.84. The summed E-state index contributed by atoms with van der Waals surface area (Å²) in [5.74, 6) is 1.86. The van der Waals surface area contributed by atoms with Crippen LogP contribution in [0.25, 0.3) is 0 Å². The summed E-state index contributed by atoms with van der Waals surface area (Å²) in [5, 5.41) is 17.5. The first-order valence-corrected chi connectivity index (χ1v) is 6.07. The van der Waals surface area contributed by atoms with E-state index in [1.807, 2.05) is 11.5 Å². The summed E-state index contributed by atoms with van der Waals surface area (Å²) in [6.45, 7) is 8.99. The fourth-order valence-corrected chi connectivity index (χ4v) is 1.79. The monoisotopic (exact) mass is 241 g/mol. The summed E-state index contributed by atoms with van der Waals surface area (Å²) >= 11 is 0. The summed E-state index contributed by atoms with van der Waals surface area (Å²) in [4.78, 5) is 0. The van der Waals surface area contributed by atoms with Gasteiger partial charge in [-0.05, 0) is 19.3 Å². The third-order valence-corrected chi connectivity index (χ3v) is 3.11. The molecule has 5 heteroatoms. The summed E-state index contributed by atoms with van der Waals surface area (Å²) in [7, 11) is 1.68. The van der Waals surface area contributed by atoms with Crippen LogP contribution in [0.1, 0.15) is 45.8 Å². The molecule has 98 valence electrons. The Balaban J connectivity index is 3.19. The van der Waals surface area contributed by atoms with E-state index in [1.54, 1.807) is 7.11 Å². The number of methoxy groups -OCH3 is 1. The maximum Gasteiger partial charge on any atom is 0.165 e. The van der Waals surface area contributed by atoms with Crippen molar-refractivity contribution in [1.82, 2.24) is 14.8 Å². The largest absolute Gasteiger partial charge is 0.388 e. The molecule has 0 saturated heterocycles. The highest BCUT2D eigenvalue weighted by Gasteiger charge is 2.31. The van der Waals surface area contributed by atoms with Gasteiger partial charge in [-0.15, -0.1) is 10.2 Å². The van der Waals surface area contributed by atoms with Crippen LogP contribution in [0.4, 0.5) is 0 Å². The zero-order valence-corrected chi connectivity index (χ0v) is 11.4. The lowest BCUT2D eigenvalue weighted by Gasteiger charge is -2.27. The summed E-state index contributed by atoms with van der Waals surface area (Å²) in [6.07, 6.45) is 0.811. The standard InChI is InChI=1S/C12H23N3O2/c1-6-12(4,17-5)11-14-13-10(8-16)15(11)7-9(2)3/h9,16H,6-8H2,1-5H3. The van der Waals surface area contributed by atoms with Gasteiger partial charge in [0.25, 0.3) is 0 Å². The molecule has 0 bridgehead atoms. The molecule has 5 nitrogen and oxygen atoms in total. The Morgan fingerprint density at radius 2 is 2.06 bits per heavy atom. The predicted octanol–water partition coefficient (Wildman–Crippen LogP) is 1.70. The Kier molecular flexibility index (Phi) is 4.65. The van der Waals surface area contributed by atoms with E-state index >= 15 is 0 Å². The van der Waals surface area contributed by atoms with Crippen LogP contribution in [0.2, 0.25) is 0 Å². The average molecular weight is 241 g/mol. The molecule has 0 aliphatic heterocycles. The van der Waals surface area contributed by atoms with Gasteiger partial charge >= 0.3 is 0 Å². The first-order valence-electron chi connectivity index (χ1n) is 6.07. The van der Waals surface area contributed by atoms with Crippen molar-refractivity contribution >= 4 is 0 Å². The van der Waals surface area contributed by atoms with Gasteiger partial charge in [-0.1, -0.05) is 20.8 Å². The van der Waals surface area contributed by atoms with Gasteiger partial charge in [-0.2, -0.15) is 0 Å². The number of rotatable bonds is 6. The van der Waals surface area contributed by atoms with Gasteiger partial charge < -0.3 is 14.4 Å². The molecule has 1 N–H and O–H groups in total. The van der Waals surface area contributed by atoms with Crippen molar-refractivity contribution < 1.29 is 9.84 Å². The zero-order valence-electron chi connectivity index (χ0n) is 11.4. The first-order chi connectivity index (χ1) is 7.98. The molecule has 1 unspecified atom stereocenters. The maximum absolute atomic E-state index is 9.29. The topological polar surface area (TPSA) is 60.2 Å². The molecular weight excluding hydrogens is 218 g/mol. The lowest BCUT2D eigenvalue weighted by atomic mass is 10.0. The SMILES string of the molecule is CCC(C)(OC)c1nnc(CO)n1CC(C)C. The van der Waals surface area contributed by atoms with Crippen molar-refractivity contribution in [2.24, 2.45) is 5.92 Å². The van der Waals surface area contributed by atoms with Crippen molar-refractivity contribution in [3.05, 3.63) is 11.6 Å². The number of aromatic nitrogens is 3. The molecule has 0 aliphatic rings. The van der Waals surface area contributed by atoms with Crippen LogP contribution in [-0.2, 0) is 23.5 Å². The van der Waals surface area contributed by atoms with Gasteiger partial charge in [-0.3, -0.25) is 0 Å². The van der Waals surface area contributed by atoms with Crippen LogP contribution in [-0.4, -0.2) is 27.0 Å². The number of aliphatic hydroxyl groups is 1. The molecule has 1 heterocycles. The average Bonchev–Trinajstić information content (AvgIpc) is 2.70. The predicted molar refractivity (Wildman–Crippen MR) is 65.4 cm³/mol. The van der Waals surface area contributed by atoms with Gasteiger partial charge in [0.15, 0.2) is 11.6 Å². The minimum absolute atomic E-state index is 0.0940. The van der Waals surface area contributed by atoms with E-state index < -0.39 is 5.60 Å². The molecule has 0 aromatic carbocycles. The van der Waals surface area contributed by atoms with Crippen LogP contribution in [0, 0.1) is 5.92 Å². The molecule has 0 amide bonds. The molecule has 1 rings (SSSR count). The second-order valence-corrected chi connectivity index (χ2v) is 4.89. The van der Waals surface area contributed by atoms with E-state index in [2.05, 4.69) is 31.0 Å². The van der Waals surface area contributed by atoms with Crippen LogP contribution in [0.15, 0.2) is 0 Å². The van der Waals surface area contributed by atoms with Gasteiger partial charge in [0.05, 0.1) is 0 Å².